The molecule has 5 atom stereocenters. The first-order chi connectivity index (χ1) is 24.0. The molecule has 9 rings (SSSR count). The van der Waals surface area contributed by atoms with Crippen LogP contribution in [-0.4, -0.2) is 87.3 Å². The van der Waals surface area contributed by atoms with Crippen molar-refractivity contribution in [3.05, 3.63) is 47.2 Å². The number of aryl methyl sites for hydroxylation is 1. The highest BCUT2D eigenvalue weighted by Gasteiger charge is 2.52. The summed E-state index contributed by atoms with van der Waals surface area (Å²) in [6, 6.07) is 5.80. The van der Waals surface area contributed by atoms with Gasteiger partial charge in [-0.2, -0.15) is 9.97 Å². The second kappa shape index (κ2) is 11.3. The molecule has 2 bridgehead atoms. The minimum Gasteiger partial charge on any atom is -0.508 e. The van der Waals surface area contributed by atoms with E-state index in [4.69, 9.17) is 21.1 Å². The summed E-state index contributed by atoms with van der Waals surface area (Å²) in [6.07, 6.45) is 4.67. The van der Waals surface area contributed by atoms with E-state index >= 15 is 8.78 Å². The topological polar surface area (TPSA) is 95.9 Å². The van der Waals surface area contributed by atoms with E-state index in [2.05, 4.69) is 25.9 Å². The summed E-state index contributed by atoms with van der Waals surface area (Å²) in [5.74, 6) is 1.22. The highest BCUT2D eigenvalue weighted by atomic mass is 19.4. The van der Waals surface area contributed by atoms with E-state index < -0.39 is 29.6 Å². The molecule has 5 aliphatic heterocycles. The van der Waals surface area contributed by atoms with E-state index in [0.29, 0.717) is 54.6 Å². The average molecular weight is 693 g/mol. The number of nitrogens with zero attached hydrogens (tertiary/aromatic N) is 5. The molecule has 0 aliphatic carbocycles. The second-order valence-electron chi connectivity index (χ2n) is 14.2. The zero-order chi connectivity index (χ0) is 34.5. The number of halogens is 5. The number of nitrogens with one attached hydrogen (secondary N) is 1. The van der Waals surface area contributed by atoms with Gasteiger partial charge in [-0.25, -0.2) is 13.8 Å². The number of hydrogen-bond acceptors (Lipinski definition) is 9. The number of hydrogen-bond donors (Lipinski definition) is 2. The van der Waals surface area contributed by atoms with E-state index in [-0.39, 0.29) is 77.2 Å². The van der Waals surface area contributed by atoms with Gasteiger partial charge in [-0.05, 0) is 75.1 Å². The first-order valence-electron chi connectivity index (χ1n) is 17.0. The Morgan fingerprint density at radius 3 is 2.76 bits per heavy atom. The molecule has 2 aromatic heterocycles. The van der Waals surface area contributed by atoms with E-state index in [1.807, 2.05) is 4.90 Å². The predicted octanol–water partition coefficient (Wildman–Crippen LogP) is 5.59. The highest BCUT2D eigenvalue weighted by molar-refractivity contribution is 6.03. The maximum absolute atomic E-state index is 17.1. The molecular weight excluding hydrogens is 659 g/mol. The van der Waals surface area contributed by atoms with Crippen LogP contribution in [0.5, 0.6) is 11.8 Å². The third-order valence-electron chi connectivity index (χ3n) is 11.3. The molecular formula is C36H33F5N6O3. The van der Waals surface area contributed by atoms with Crippen LogP contribution < -0.4 is 15.0 Å². The molecule has 4 fully saturated rings. The number of anilines is 1. The van der Waals surface area contributed by atoms with Crippen molar-refractivity contribution in [3.63, 3.8) is 0 Å². The SMILES string of the molecule is C#Cc1c(F)ccc2cc(O)cc(-c3nc4c5c(nc(OC[C@@]67CCCN6C[C@@H](OC(F)(F)F)C7)nc5c3F)N3C[C@H]5CC[C@H](N5)[C@H]3CC4)c12. The van der Waals surface area contributed by atoms with Crippen LogP contribution in [0.3, 0.4) is 0 Å². The minimum atomic E-state index is -4.75. The van der Waals surface area contributed by atoms with Crippen LogP contribution in [0.2, 0.25) is 0 Å². The largest absolute Gasteiger partial charge is 0.522 e. The first-order valence-corrected chi connectivity index (χ1v) is 17.0. The lowest BCUT2D eigenvalue weighted by Crippen LogP contribution is -2.58. The second-order valence-corrected chi connectivity index (χ2v) is 14.2. The van der Waals surface area contributed by atoms with Crippen LogP contribution in [0, 0.1) is 24.0 Å². The summed E-state index contributed by atoms with van der Waals surface area (Å²) in [7, 11) is 0. The van der Waals surface area contributed by atoms with Crippen LogP contribution in [0.15, 0.2) is 24.3 Å². The average Bonchev–Trinajstić information content (AvgIpc) is 3.71. The first kappa shape index (κ1) is 31.6. The molecule has 260 valence electrons. The number of terminal acetylenes is 1. The van der Waals surface area contributed by atoms with Crippen molar-refractivity contribution in [2.45, 2.75) is 81.1 Å². The molecule has 9 nitrogen and oxygen atoms in total. The standard InChI is InChI=1S/C36H33F5N6O3/c1-2-22-24(37)6-4-18-12-20(48)13-23(28(18)22)31-30(38)32-29-26(43-31)8-9-27-25-7-5-19(42-25)15-47(27)33(29)45-34(44-32)49-17-35-10-3-11-46(35)16-21(14-35)50-36(39,40)41/h1,4,6,12-13,19,21,25,27,42,48H,3,5,7-11,14-17H2/t19-,21+,25+,27-,35+/m1/s1. The summed E-state index contributed by atoms with van der Waals surface area (Å²) in [6.45, 7) is 1.39. The van der Waals surface area contributed by atoms with Crippen molar-refractivity contribution in [2.24, 2.45) is 0 Å². The van der Waals surface area contributed by atoms with Gasteiger partial charge < -0.3 is 20.1 Å². The van der Waals surface area contributed by atoms with Crippen LogP contribution >= 0.6 is 0 Å². The predicted molar refractivity (Wildman–Crippen MR) is 174 cm³/mol. The number of pyridine rings is 1. The zero-order valence-corrected chi connectivity index (χ0v) is 26.9. The van der Waals surface area contributed by atoms with E-state index in [9.17, 15) is 18.3 Å². The molecule has 0 saturated carbocycles. The fourth-order valence-corrected chi connectivity index (χ4v) is 9.30. The fraction of sp³-hybridized carbons (Fsp3) is 0.472. The lowest BCUT2D eigenvalue weighted by atomic mass is 9.94. The van der Waals surface area contributed by atoms with E-state index in [1.165, 1.54) is 24.3 Å². The molecule has 2 aromatic carbocycles. The number of piperazine rings is 1. The van der Waals surface area contributed by atoms with Crippen molar-refractivity contribution in [2.75, 3.05) is 31.1 Å². The normalized spacial score (nSPS) is 27.4. The van der Waals surface area contributed by atoms with Crippen molar-refractivity contribution in [1.29, 1.82) is 0 Å². The summed E-state index contributed by atoms with van der Waals surface area (Å²) < 4.78 is 82.2. The molecule has 0 spiro atoms. The number of phenols is 1. The van der Waals surface area contributed by atoms with Crippen LogP contribution in [0.1, 0.15) is 49.8 Å². The van der Waals surface area contributed by atoms with E-state index in [1.54, 1.807) is 0 Å². The number of alkyl halides is 3. The molecule has 5 aliphatic rings. The number of ether oxygens (including phenoxy) is 2. The molecule has 0 unspecified atom stereocenters. The molecule has 4 saturated heterocycles. The summed E-state index contributed by atoms with van der Waals surface area (Å²) in [5.41, 5.74) is -0.299. The van der Waals surface area contributed by atoms with Crippen LogP contribution in [0.25, 0.3) is 32.9 Å². The van der Waals surface area contributed by atoms with E-state index in [0.717, 1.165) is 19.3 Å². The van der Waals surface area contributed by atoms with Gasteiger partial charge in [-0.15, -0.1) is 19.6 Å². The van der Waals surface area contributed by atoms with Crippen LogP contribution in [-0.2, 0) is 11.2 Å². The Bertz CT molecular complexity index is 2110. The molecule has 50 heavy (non-hydrogen) atoms. The number of aromatic nitrogens is 3. The number of rotatable bonds is 5. The van der Waals surface area contributed by atoms with Gasteiger partial charge in [-0.3, -0.25) is 9.64 Å². The molecule has 0 radical (unpaired) electrons. The summed E-state index contributed by atoms with van der Waals surface area (Å²) >= 11 is 0. The molecule has 14 heteroatoms. The van der Waals surface area contributed by atoms with Gasteiger partial charge in [0.25, 0.3) is 0 Å². The third kappa shape index (κ3) is 5.04. The Labute approximate surface area is 283 Å². The zero-order valence-electron chi connectivity index (χ0n) is 26.9. The Morgan fingerprint density at radius 1 is 1.08 bits per heavy atom. The molecule has 7 heterocycles. The van der Waals surface area contributed by atoms with Gasteiger partial charge in [-0.1, -0.05) is 12.0 Å². The fourth-order valence-electron chi connectivity index (χ4n) is 9.30. The maximum Gasteiger partial charge on any atom is 0.522 e. The van der Waals surface area contributed by atoms with Gasteiger partial charge in [0.15, 0.2) is 5.82 Å². The molecule has 4 aromatic rings. The maximum atomic E-state index is 17.1. The van der Waals surface area contributed by atoms with Gasteiger partial charge in [0, 0.05) is 42.2 Å². The lowest BCUT2D eigenvalue weighted by molar-refractivity contribution is -0.340. The summed E-state index contributed by atoms with van der Waals surface area (Å²) in [4.78, 5) is 18.5. The smallest absolute Gasteiger partial charge is 0.508 e. The third-order valence-corrected chi connectivity index (χ3v) is 11.3. The highest BCUT2D eigenvalue weighted by Crippen LogP contribution is 2.45. The number of benzene rings is 2. The van der Waals surface area contributed by atoms with Gasteiger partial charge in [0.2, 0.25) is 0 Å². The quantitative estimate of drug-likeness (QED) is 0.205. The van der Waals surface area contributed by atoms with Gasteiger partial charge in [0.1, 0.15) is 35.2 Å². The van der Waals surface area contributed by atoms with Crippen molar-refractivity contribution < 1.29 is 36.5 Å². The van der Waals surface area contributed by atoms with Crippen LogP contribution in [0.4, 0.5) is 27.8 Å². The Kier molecular flexibility index (Phi) is 7.18. The van der Waals surface area contributed by atoms with Crippen molar-refractivity contribution in [1.82, 2.24) is 25.2 Å². The Hall–Kier alpha value is -4.32. The Morgan fingerprint density at radius 2 is 1.94 bits per heavy atom. The monoisotopic (exact) mass is 692 g/mol. The Balaban J connectivity index is 1.19. The molecule has 0 amide bonds. The van der Waals surface area contributed by atoms with Gasteiger partial charge >= 0.3 is 12.4 Å². The lowest BCUT2D eigenvalue weighted by Gasteiger charge is -2.41. The number of fused-ring (bicyclic) bond motifs is 7. The summed E-state index contributed by atoms with van der Waals surface area (Å²) in [5, 5.41) is 15.5. The van der Waals surface area contributed by atoms with Crippen molar-refractivity contribution in [3.8, 4) is 35.4 Å². The molecule has 2 N–H and O–H groups in total. The van der Waals surface area contributed by atoms with Crippen molar-refractivity contribution >= 4 is 27.5 Å². The number of phenolic OH excluding ortho intramolecular Hbond substituents is 1. The van der Waals surface area contributed by atoms with Gasteiger partial charge in [0.05, 0.1) is 28.3 Å². The minimum absolute atomic E-state index is 0.000314. The number of aromatic hydroxyl groups is 1.